The number of carbonyl (C=O) groups excluding carboxylic acids is 2. The van der Waals surface area contributed by atoms with E-state index >= 15 is 0 Å². The highest BCUT2D eigenvalue weighted by molar-refractivity contribution is 7.08. The van der Waals surface area contributed by atoms with Crippen molar-refractivity contribution in [3.63, 3.8) is 0 Å². The largest absolute Gasteiger partial charge is 0.480 e. The Kier molecular flexibility index (Phi) is 4.46. The fourth-order valence-corrected chi connectivity index (χ4v) is 1.65. The van der Waals surface area contributed by atoms with E-state index in [1.54, 1.807) is 16.8 Å². The Hall–Kier alpha value is -2.09. The fourth-order valence-electron chi connectivity index (χ4n) is 1.06. The summed E-state index contributed by atoms with van der Waals surface area (Å²) < 4.78 is 0. The number of anilines is 1. The average Bonchev–Trinajstić information content (AvgIpc) is 2.68. The molecule has 0 radical (unpaired) electrons. The van der Waals surface area contributed by atoms with Crippen molar-refractivity contribution >= 4 is 34.9 Å². The quantitative estimate of drug-likeness (QED) is 0.601. The lowest BCUT2D eigenvalue weighted by Gasteiger charge is -2.12. The number of nitrogens with one attached hydrogen (secondary N) is 2. The van der Waals surface area contributed by atoms with Gasteiger partial charge in [0.05, 0.1) is 12.1 Å². The van der Waals surface area contributed by atoms with Crippen LogP contribution in [-0.4, -0.2) is 29.1 Å². The first kappa shape index (κ1) is 13.0. The molecule has 0 spiro atoms. The van der Waals surface area contributed by atoms with Gasteiger partial charge in [0.15, 0.2) is 0 Å². The summed E-state index contributed by atoms with van der Waals surface area (Å²) in [5.41, 5.74) is 5.42. The molecule has 0 saturated carbocycles. The van der Waals surface area contributed by atoms with Gasteiger partial charge >= 0.3 is 12.0 Å². The van der Waals surface area contributed by atoms with Gasteiger partial charge < -0.3 is 21.5 Å². The summed E-state index contributed by atoms with van der Waals surface area (Å²) in [4.78, 5) is 32.7. The summed E-state index contributed by atoms with van der Waals surface area (Å²) in [7, 11) is 0. The molecular weight excluding hydrogens is 246 g/mol. The van der Waals surface area contributed by atoms with Crippen LogP contribution in [0.1, 0.15) is 6.42 Å². The van der Waals surface area contributed by atoms with Crippen LogP contribution in [0.4, 0.5) is 10.5 Å². The van der Waals surface area contributed by atoms with Crippen LogP contribution in [0.5, 0.6) is 0 Å². The van der Waals surface area contributed by atoms with E-state index in [-0.39, 0.29) is 0 Å². The number of thiophene rings is 1. The van der Waals surface area contributed by atoms with Crippen LogP contribution in [-0.2, 0) is 9.59 Å². The Morgan fingerprint density at radius 1 is 1.47 bits per heavy atom. The summed E-state index contributed by atoms with van der Waals surface area (Å²) in [6.45, 7) is 0. The molecule has 0 bridgehead atoms. The van der Waals surface area contributed by atoms with Crippen LogP contribution in [0.15, 0.2) is 16.8 Å². The Balaban J connectivity index is 2.52. The molecule has 0 aliphatic carbocycles. The van der Waals surface area contributed by atoms with E-state index in [1.807, 2.05) is 0 Å². The van der Waals surface area contributed by atoms with Crippen LogP contribution in [0.2, 0.25) is 0 Å². The van der Waals surface area contributed by atoms with Gasteiger partial charge in [0, 0.05) is 5.38 Å². The van der Waals surface area contributed by atoms with Crippen LogP contribution in [0, 0.1) is 0 Å². The monoisotopic (exact) mass is 257 g/mol. The molecule has 0 aliphatic rings. The molecule has 1 aromatic rings. The zero-order valence-electron chi connectivity index (χ0n) is 8.67. The summed E-state index contributed by atoms with van der Waals surface area (Å²) in [5, 5.41) is 16.8. The van der Waals surface area contributed by atoms with Gasteiger partial charge in [-0.1, -0.05) is 0 Å². The lowest BCUT2D eigenvalue weighted by Crippen LogP contribution is -2.45. The number of urea groups is 1. The molecule has 0 unspecified atom stereocenters. The molecule has 0 saturated heterocycles. The predicted octanol–water partition coefficient (Wildman–Crippen LogP) is 0.198. The van der Waals surface area contributed by atoms with E-state index in [9.17, 15) is 14.4 Å². The van der Waals surface area contributed by atoms with E-state index in [2.05, 4.69) is 10.6 Å². The molecule has 0 fully saturated rings. The van der Waals surface area contributed by atoms with Gasteiger partial charge in [-0.05, 0) is 11.4 Å². The first-order valence-electron chi connectivity index (χ1n) is 4.60. The van der Waals surface area contributed by atoms with Crippen molar-refractivity contribution in [3.8, 4) is 0 Å². The van der Waals surface area contributed by atoms with Gasteiger partial charge in [0.25, 0.3) is 0 Å². The molecule has 1 rings (SSSR count). The summed E-state index contributed by atoms with van der Waals surface area (Å²) in [6, 6.07) is -0.364. The van der Waals surface area contributed by atoms with Crippen molar-refractivity contribution in [2.24, 2.45) is 5.73 Å². The summed E-state index contributed by atoms with van der Waals surface area (Å²) in [6.07, 6.45) is -0.452. The number of carbonyl (C=O) groups is 3. The first-order valence-corrected chi connectivity index (χ1v) is 5.54. The SMILES string of the molecule is NC(=O)C[C@@H](NC(=O)Nc1ccsc1)C(=O)O. The van der Waals surface area contributed by atoms with Crippen molar-refractivity contribution in [3.05, 3.63) is 16.8 Å². The van der Waals surface area contributed by atoms with E-state index in [4.69, 9.17) is 10.8 Å². The second-order valence-electron chi connectivity index (χ2n) is 3.17. The van der Waals surface area contributed by atoms with Gasteiger partial charge in [-0.2, -0.15) is 11.3 Å². The van der Waals surface area contributed by atoms with Gasteiger partial charge in [-0.25, -0.2) is 9.59 Å². The highest BCUT2D eigenvalue weighted by atomic mass is 32.1. The van der Waals surface area contributed by atoms with Gasteiger partial charge in [-0.15, -0.1) is 0 Å². The lowest BCUT2D eigenvalue weighted by molar-refractivity contribution is -0.140. The Morgan fingerprint density at radius 3 is 2.65 bits per heavy atom. The van der Waals surface area contributed by atoms with Gasteiger partial charge in [0.1, 0.15) is 6.04 Å². The third kappa shape index (κ3) is 4.51. The van der Waals surface area contributed by atoms with Crippen molar-refractivity contribution in [1.29, 1.82) is 0 Å². The van der Waals surface area contributed by atoms with Crippen LogP contribution in [0.3, 0.4) is 0 Å². The number of aliphatic carboxylic acids is 1. The first-order chi connectivity index (χ1) is 7.99. The molecule has 1 heterocycles. The van der Waals surface area contributed by atoms with Crippen molar-refractivity contribution in [2.75, 3.05) is 5.32 Å². The molecule has 7 nitrogen and oxygen atoms in total. The molecule has 3 amide bonds. The van der Waals surface area contributed by atoms with E-state index in [1.165, 1.54) is 11.3 Å². The maximum absolute atomic E-state index is 11.4. The number of hydrogen-bond acceptors (Lipinski definition) is 4. The average molecular weight is 257 g/mol. The second-order valence-corrected chi connectivity index (χ2v) is 3.95. The molecule has 5 N–H and O–H groups in total. The zero-order chi connectivity index (χ0) is 12.8. The molecule has 0 aliphatic heterocycles. The van der Waals surface area contributed by atoms with Crippen LogP contribution in [0.25, 0.3) is 0 Å². The van der Waals surface area contributed by atoms with Crippen LogP contribution < -0.4 is 16.4 Å². The highest BCUT2D eigenvalue weighted by Crippen LogP contribution is 2.11. The maximum atomic E-state index is 11.4. The minimum atomic E-state index is -1.33. The van der Waals surface area contributed by atoms with Crippen molar-refractivity contribution in [2.45, 2.75) is 12.5 Å². The fraction of sp³-hybridized carbons (Fsp3) is 0.222. The molecular formula is C9H11N3O4S. The predicted molar refractivity (Wildman–Crippen MR) is 61.7 cm³/mol. The molecule has 0 aromatic carbocycles. The number of primary amides is 1. The Bertz CT molecular complexity index is 418. The van der Waals surface area contributed by atoms with Gasteiger partial charge in [0.2, 0.25) is 5.91 Å². The minimum Gasteiger partial charge on any atom is -0.480 e. The number of hydrogen-bond donors (Lipinski definition) is 4. The number of rotatable bonds is 5. The highest BCUT2D eigenvalue weighted by Gasteiger charge is 2.21. The molecule has 1 aromatic heterocycles. The number of carboxylic acid groups (broad SMARTS) is 1. The number of nitrogens with two attached hydrogens (primary N) is 1. The molecule has 92 valence electrons. The summed E-state index contributed by atoms with van der Waals surface area (Å²) in [5.74, 6) is -2.11. The third-order valence-electron chi connectivity index (χ3n) is 1.79. The smallest absolute Gasteiger partial charge is 0.326 e. The molecule has 8 heteroatoms. The Morgan fingerprint density at radius 2 is 2.18 bits per heavy atom. The normalized spacial score (nSPS) is 11.5. The van der Waals surface area contributed by atoms with E-state index in [0.29, 0.717) is 5.69 Å². The Labute approximate surface area is 101 Å². The van der Waals surface area contributed by atoms with Crippen molar-refractivity contribution in [1.82, 2.24) is 5.32 Å². The minimum absolute atomic E-state index is 0.452. The van der Waals surface area contributed by atoms with Gasteiger partial charge in [-0.3, -0.25) is 4.79 Å². The molecule has 17 heavy (non-hydrogen) atoms. The topological polar surface area (TPSA) is 122 Å². The second kappa shape index (κ2) is 5.85. The number of carboxylic acids is 1. The van der Waals surface area contributed by atoms with Crippen molar-refractivity contribution < 1.29 is 19.5 Å². The number of amides is 3. The maximum Gasteiger partial charge on any atom is 0.326 e. The summed E-state index contributed by atoms with van der Waals surface area (Å²) >= 11 is 1.38. The zero-order valence-corrected chi connectivity index (χ0v) is 9.49. The standard InChI is InChI=1S/C9H11N3O4S/c10-7(13)3-6(8(14)15)12-9(16)11-5-1-2-17-4-5/h1-2,4,6H,3H2,(H2,10,13)(H,14,15)(H2,11,12,16)/t6-/m1/s1. The lowest BCUT2D eigenvalue weighted by atomic mass is 10.2. The molecule has 1 atom stereocenters. The third-order valence-corrected chi connectivity index (χ3v) is 2.47. The van der Waals surface area contributed by atoms with E-state index < -0.39 is 30.4 Å². The van der Waals surface area contributed by atoms with E-state index in [0.717, 1.165) is 0 Å². The van der Waals surface area contributed by atoms with Crippen LogP contribution >= 0.6 is 11.3 Å².